The molecule has 5 nitrogen and oxygen atoms in total. The predicted molar refractivity (Wildman–Crippen MR) is 112 cm³/mol. The number of esters is 1. The number of dihydropyridines is 1. The van der Waals surface area contributed by atoms with Gasteiger partial charge in [0.05, 0.1) is 12.2 Å². The third kappa shape index (κ3) is 3.60. The number of hydrogen-bond acceptors (Lipinski definition) is 6. The van der Waals surface area contributed by atoms with Gasteiger partial charge in [-0.3, -0.25) is 4.79 Å². The Labute approximate surface area is 173 Å². The number of phenolic OH excluding ortho intramolecular Hbond substituents is 1. The normalized spacial score (nSPS) is 21.7. The van der Waals surface area contributed by atoms with E-state index in [0.717, 1.165) is 5.70 Å². The second kappa shape index (κ2) is 7.87. The number of carbonyl (C=O) groups excluding carboxylic acids is 2. The number of carbonyl (C=O) groups is 2. The molecule has 2 atom stereocenters. The zero-order valence-electron chi connectivity index (χ0n) is 16.4. The van der Waals surface area contributed by atoms with Crippen LogP contribution in [0.4, 0.5) is 0 Å². The topological polar surface area (TPSA) is 75.6 Å². The van der Waals surface area contributed by atoms with Crippen LogP contribution < -0.4 is 5.32 Å². The number of Topliss-reactive ketones (excluding diaryl/α,β-unsaturated/α-hetero) is 1. The minimum atomic E-state index is -0.547. The smallest absolute Gasteiger partial charge is 0.336 e. The van der Waals surface area contributed by atoms with Crippen LogP contribution in [0.25, 0.3) is 0 Å². The average Bonchev–Trinajstić information content (AvgIpc) is 3.21. The highest BCUT2D eigenvalue weighted by Gasteiger charge is 2.41. The van der Waals surface area contributed by atoms with Gasteiger partial charge in [-0.05, 0) is 49.4 Å². The van der Waals surface area contributed by atoms with E-state index in [-0.39, 0.29) is 24.1 Å². The number of rotatable bonds is 4. The van der Waals surface area contributed by atoms with Crippen molar-refractivity contribution in [2.24, 2.45) is 0 Å². The van der Waals surface area contributed by atoms with Crippen LogP contribution in [0.3, 0.4) is 0 Å². The van der Waals surface area contributed by atoms with Crippen LogP contribution in [0.5, 0.6) is 5.75 Å². The molecule has 29 heavy (non-hydrogen) atoms. The van der Waals surface area contributed by atoms with Gasteiger partial charge < -0.3 is 15.2 Å². The molecule has 0 fully saturated rings. The Morgan fingerprint density at radius 1 is 1.28 bits per heavy atom. The van der Waals surface area contributed by atoms with Crippen molar-refractivity contribution in [3.05, 3.63) is 74.8 Å². The summed E-state index contributed by atoms with van der Waals surface area (Å²) in [5, 5.41) is 15.4. The van der Waals surface area contributed by atoms with E-state index in [1.807, 2.05) is 24.4 Å². The molecule has 0 bridgehead atoms. The molecule has 2 aliphatic rings. The van der Waals surface area contributed by atoms with Gasteiger partial charge >= 0.3 is 5.97 Å². The molecule has 150 valence electrons. The number of aromatic hydroxyl groups is 1. The Balaban J connectivity index is 1.82. The second-order valence-corrected chi connectivity index (χ2v) is 8.33. The minimum Gasteiger partial charge on any atom is -0.508 e. The monoisotopic (exact) mass is 409 g/mol. The van der Waals surface area contributed by atoms with Crippen molar-refractivity contribution in [3.8, 4) is 5.75 Å². The van der Waals surface area contributed by atoms with E-state index in [4.69, 9.17) is 4.74 Å². The van der Waals surface area contributed by atoms with Gasteiger partial charge in [-0.1, -0.05) is 18.2 Å². The lowest BCUT2D eigenvalue weighted by Crippen LogP contribution is -2.36. The molecule has 2 aromatic rings. The average molecular weight is 410 g/mol. The molecule has 2 heterocycles. The molecule has 0 unspecified atom stereocenters. The number of hydrogen-bond donors (Lipinski definition) is 2. The largest absolute Gasteiger partial charge is 0.508 e. The highest BCUT2D eigenvalue weighted by Crippen LogP contribution is 2.46. The van der Waals surface area contributed by atoms with E-state index < -0.39 is 11.9 Å². The number of allylic oxidation sites excluding steroid dienone is 3. The maximum Gasteiger partial charge on any atom is 0.336 e. The summed E-state index contributed by atoms with van der Waals surface area (Å²) in [6.45, 7) is 3.85. The van der Waals surface area contributed by atoms with E-state index in [1.165, 1.54) is 4.88 Å². The molecule has 0 radical (unpaired) electrons. The third-order valence-electron chi connectivity index (χ3n) is 5.47. The highest BCUT2D eigenvalue weighted by atomic mass is 32.1. The van der Waals surface area contributed by atoms with Crippen LogP contribution in [0.15, 0.2) is 64.3 Å². The molecule has 0 amide bonds. The van der Waals surface area contributed by atoms with Gasteiger partial charge in [-0.25, -0.2) is 4.79 Å². The van der Waals surface area contributed by atoms with E-state index in [1.54, 1.807) is 36.5 Å². The second-order valence-electron chi connectivity index (χ2n) is 7.35. The van der Waals surface area contributed by atoms with Gasteiger partial charge in [0.15, 0.2) is 5.78 Å². The summed E-state index contributed by atoms with van der Waals surface area (Å²) in [5.41, 5.74) is 3.30. The van der Waals surface area contributed by atoms with Gasteiger partial charge in [-0.2, -0.15) is 0 Å². The van der Waals surface area contributed by atoms with Crippen molar-refractivity contribution >= 4 is 23.1 Å². The zero-order valence-corrected chi connectivity index (χ0v) is 17.2. The lowest BCUT2D eigenvalue weighted by molar-refractivity contribution is -0.138. The van der Waals surface area contributed by atoms with Crippen molar-refractivity contribution in [1.29, 1.82) is 0 Å². The maximum atomic E-state index is 13.3. The molecule has 1 aromatic heterocycles. The van der Waals surface area contributed by atoms with Crippen molar-refractivity contribution < 1.29 is 19.4 Å². The standard InChI is InChI=1S/C23H23NO4S/c1-3-28-23(27)20-13(2)24-17-11-15(19-8-5-9-29-19)12-18(26)22(17)21(20)14-6-4-7-16(25)10-14/h4-10,15,21,24-25H,3,11-12H2,1-2H3/t15-,21-/m0/s1. The molecule has 1 aliphatic carbocycles. The summed E-state index contributed by atoms with van der Waals surface area (Å²) in [4.78, 5) is 27.3. The number of nitrogens with one attached hydrogen (secondary N) is 1. The Morgan fingerprint density at radius 2 is 2.10 bits per heavy atom. The number of phenols is 1. The molecule has 1 aromatic carbocycles. The molecule has 1 aliphatic heterocycles. The summed E-state index contributed by atoms with van der Waals surface area (Å²) in [6, 6.07) is 10.8. The first-order valence-electron chi connectivity index (χ1n) is 9.73. The molecule has 6 heteroatoms. The van der Waals surface area contributed by atoms with Crippen molar-refractivity contribution in [3.63, 3.8) is 0 Å². The van der Waals surface area contributed by atoms with E-state index >= 15 is 0 Å². The number of ether oxygens (including phenoxy) is 1. The minimum absolute atomic E-state index is 0.0276. The van der Waals surface area contributed by atoms with Crippen LogP contribution in [0, 0.1) is 0 Å². The third-order valence-corrected chi connectivity index (χ3v) is 6.51. The fourth-order valence-corrected chi connectivity index (χ4v) is 5.11. The van der Waals surface area contributed by atoms with Crippen LogP contribution in [0.1, 0.15) is 49.0 Å². The molecular weight excluding hydrogens is 386 g/mol. The Hall–Kier alpha value is -2.86. The molecule has 0 saturated carbocycles. The number of ketones is 1. The van der Waals surface area contributed by atoms with Gasteiger partial charge in [0.25, 0.3) is 0 Å². The highest BCUT2D eigenvalue weighted by molar-refractivity contribution is 7.10. The summed E-state index contributed by atoms with van der Waals surface area (Å²) in [5.74, 6) is -0.723. The van der Waals surface area contributed by atoms with Gasteiger partial charge in [0.2, 0.25) is 0 Å². The first-order valence-corrected chi connectivity index (χ1v) is 10.6. The van der Waals surface area contributed by atoms with Crippen molar-refractivity contribution in [2.45, 2.75) is 38.5 Å². The fourth-order valence-electron chi connectivity index (χ4n) is 4.28. The Kier molecular flexibility index (Phi) is 5.28. The maximum absolute atomic E-state index is 13.3. The van der Waals surface area contributed by atoms with Crippen LogP contribution in [0.2, 0.25) is 0 Å². The zero-order chi connectivity index (χ0) is 20.5. The lowest BCUT2D eigenvalue weighted by atomic mass is 9.72. The molecule has 2 N–H and O–H groups in total. The SMILES string of the molecule is CCOC(=O)C1=C(C)NC2=C(C(=O)C[C@@H](c3cccs3)C2)[C@H]1c1cccc(O)c1. The molecule has 4 rings (SSSR count). The van der Waals surface area contributed by atoms with Crippen LogP contribution in [-0.2, 0) is 14.3 Å². The van der Waals surface area contributed by atoms with Crippen LogP contribution in [-0.4, -0.2) is 23.5 Å². The summed E-state index contributed by atoms with van der Waals surface area (Å²) < 4.78 is 5.30. The van der Waals surface area contributed by atoms with Gasteiger partial charge in [0.1, 0.15) is 5.75 Å². The predicted octanol–water partition coefficient (Wildman–Crippen LogP) is 4.38. The Bertz CT molecular complexity index is 1020. The van der Waals surface area contributed by atoms with E-state index in [2.05, 4.69) is 11.4 Å². The quantitative estimate of drug-likeness (QED) is 0.733. The van der Waals surface area contributed by atoms with Crippen molar-refractivity contribution in [2.75, 3.05) is 6.61 Å². The fraction of sp³-hybridized carbons (Fsp3) is 0.304. The van der Waals surface area contributed by atoms with Crippen LogP contribution >= 0.6 is 11.3 Å². The molecular formula is C23H23NO4S. The summed E-state index contributed by atoms with van der Waals surface area (Å²) in [6.07, 6.45) is 1.12. The lowest BCUT2D eigenvalue weighted by Gasteiger charge is -2.36. The van der Waals surface area contributed by atoms with Crippen molar-refractivity contribution in [1.82, 2.24) is 5.32 Å². The van der Waals surface area contributed by atoms with E-state index in [0.29, 0.717) is 35.2 Å². The first-order chi connectivity index (χ1) is 14.0. The molecule has 0 saturated heterocycles. The Morgan fingerprint density at radius 3 is 2.79 bits per heavy atom. The summed E-state index contributed by atoms with van der Waals surface area (Å²) in [7, 11) is 0. The number of thiophene rings is 1. The van der Waals surface area contributed by atoms with E-state index in [9.17, 15) is 14.7 Å². The molecule has 0 spiro atoms. The first kappa shape index (κ1) is 19.5. The summed E-state index contributed by atoms with van der Waals surface area (Å²) >= 11 is 1.66. The van der Waals surface area contributed by atoms with Gasteiger partial charge in [-0.15, -0.1) is 11.3 Å². The van der Waals surface area contributed by atoms with Gasteiger partial charge in [0, 0.05) is 40.1 Å². The number of benzene rings is 1.